The molecule has 0 bridgehead atoms. The number of nitrogens with zero attached hydrogens (tertiary/aromatic N) is 3. The quantitative estimate of drug-likeness (QED) is 0.847. The molecule has 1 amide bonds. The second-order valence-corrected chi connectivity index (χ2v) is 6.22. The Morgan fingerprint density at radius 1 is 1.40 bits per heavy atom. The first-order chi connectivity index (χ1) is 9.26. The second kappa shape index (κ2) is 5.22. The summed E-state index contributed by atoms with van der Waals surface area (Å²) in [5.74, 6) is -0.795. The van der Waals surface area contributed by atoms with Crippen molar-refractivity contribution in [2.24, 2.45) is 7.05 Å². The number of aryl methyl sites for hydroxylation is 1. The van der Waals surface area contributed by atoms with Crippen LogP contribution in [-0.4, -0.2) is 35.3 Å². The molecule has 1 N–H and O–H groups in total. The third kappa shape index (κ3) is 3.34. The number of nitrogens with one attached hydrogen (secondary N) is 1. The van der Waals surface area contributed by atoms with Gasteiger partial charge in [-0.05, 0) is 18.2 Å². The Kier molecular flexibility index (Phi) is 3.78. The van der Waals surface area contributed by atoms with E-state index in [1.807, 2.05) is 4.72 Å². The van der Waals surface area contributed by atoms with Crippen LogP contribution in [-0.2, 0) is 17.1 Å². The fraction of sp³-hybridized carbons (Fsp3) is 0.182. The van der Waals surface area contributed by atoms with Crippen molar-refractivity contribution in [3.05, 3.63) is 35.1 Å². The number of amides is 1. The smallest absolute Gasteiger partial charge is 0.266 e. The average molecular weight is 315 g/mol. The molecule has 0 fully saturated rings. The number of carbonyl (C=O) groups excluding carboxylic acids is 1. The van der Waals surface area contributed by atoms with Gasteiger partial charge in [-0.15, -0.1) is 0 Å². The minimum atomic E-state index is -3.63. The molecule has 0 aliphatic rings. The van der Waals surface area contributed by atoms with Crippen molar-refractivity contribution in [1.29, 1.82) is 0 Å². The lowest BCUT2D eigenvalue weighted by Gasteiger charge is -2.00. The number of carbonyl (C=O) groups is 1. The highest BCUT2D eigenvalue weighted by atomic mass is 35.5. The molecule has 2 aromatic rings. The first-order valence-corrected chi connectivity index (χ1v) is 7.72. The topological polar surface area (TPSA) is 94.0 Å². The highest BCUT2D eigenvalue weighted by Crippen LogP contribution is 2.19. The van der Waals surface area contributed by atoms with Gasteiger partial charge in [0.05, 0.1) is 17.6 Å². The number of aromatic nitrogens is 3. The number of halogens is 1. The zero-order valence-electron chi connectivity index (χ0n) is 10.7. The van der Waals surface area contributed by atoms with E-state index in [0.717, 1.165) is 6.26 Å². The largest absolute Gasteiger partial charge is 0.285 e. The molecule has 0 unspecified atom stereocenters. The lowest BCUT2D eigenvalue weighted by atomic mass is 10.2. The van der Waals surface area contributed by atoms with Gasteiger partial charge in [0.25, 0.3) is 5.91 Å². The summed E-state index contributed by atoms with van der Waals surface area (Å²) in [6, 6.07) is 6.49. The molecule has 0 aliphatic carbocycles. The number of hydrogen-bond donors (Lipinski definition) is 1. The van der Waals surface area contributed by atoms with Crippen LogP contribution in [0.15, 0.2) is 24.3 Å². The highest BCUT2D eigenvalue weighted by Gasteiger charge is 2.17. The van der Waals surface area contributed by atoms with E-state index < -0.39 is 15.9 Å². The molecule has 0 saturated heterocycles. The standard InChI is InChI=1S/C11H11ClN4O3S/c1-16-9(7-4-3-5-10(12)13-7)6-8(14-16)11(17)15-20(2,18)19/h3-6H,1-2H3,(H,15,17). The Bertz CT molecular complexity index is 770. The molecule has 2 aromatic heterocycles. The predicted octanol–water partition coefficient (Wildman–Crippen LogP) is 0.825. The summed E-state index contributed by atoms with van der Waals surface area (Å²) >= 11 is 5.80. The van der Waals surface area contributed by atoms with Crippen LogP contribution < -0.4 is 4.72 Å². The van der Waals surface area contributed by atoms with Gasteiger partial charge in [-0.25, -0.2) is 18.1 Å². The molecule has 0 atom stereocenters. The Hall–Kier alpha value is -1.93. The molecule has 0 radical (unpaired) electrons. The van der Waals surface area contributed by atoms with Gasteiger partial charge in [0.15, 0.2) is 5.69 Å². The minimum absolute atomic E-state index is 0.0188. The van der Waals surface area contributed by atoms with E-state index >= 15 is 0 Å². The van der Waals surface area contributed by atoms with Crippen LogP contribution >= 0.6 is 11.6 Å². The zero-order chi connectivity index (χ0) is 14.9. The van der Waals surface area contributed by atoms with E-state index in [0.29, 0.717) is 16.5 Å². The van der Waals surface area contributed by atoms with Gasteiger partial charge in [-0.2, -0.15) is 5.10 Å². The Morgan fingerprint density at radius 2 is 2.10 bits per heavy atom. The van der Waals surface area contributed by atoms with Gasteiger partial charge in [0.2, 0.25) is 10.0 Å². The van der Waals surface area contributed by atoms with E-state index in [9.17, 15) is 13.2 Å². The Labute approximate surface area is 120 Å². The molecule has 20 heavy (non-hydrogen) atoms. The minimum Gasteiger partial charge on any atom is -0.266 e. The SMILES string of the molecule is Cn1nc(C(=O)NS(C)(=O)=O)cc1-c1cccc(Cl)n1. The molecule has 2 heterocycles. The molecule has 2 rings (SSSR count). The summed E-state index contributed by atoms with van der Waals surface area (Å²) in [5.41, 5.74) is 1.06. The normalized spacial score (nSPS) is 11.3. The molecular formula is C11H11ClN4O3S. The molecule has 0 aliphatic heterocycles. The molecular weight excluding hydrogens is 304 g/mol. The van der Waals surface area contributed by atoms with E-state index in [1.165, 1.54) is 10.7 Å². The van der Waals surface area contributed by atoms with E-state index in [4.69, 9.17) is 11.6 Å². The van der Waals surface area contributed by atoms with Crippen molar-refractivity contribution in [2.45, 2.75) is 0 Å². The molecule has 7 nitrogen and oxygen atoms in total. The van der Waals surface area contributed by atoms with Crippen molar-refractivity contribution < 1.29 is 13.2 Å². The summed E-state index contributed by atoms with van der Waals surface area (Å²) in [7, 11) is -2.01. The predicted molar refractivity (Wildman–Crippen MR) is 73.8 cm³/mol. The summed E-state index contributed by atoms with van der Waals surface area (Å²) in [6.45, 7) is 0. The molecule has 0 aromatic carbocycles. The van der Waals surface area contributed by atoms with E-state index in [-0.39, 0.29) is 5.69 Å². The van der Waals surface area contributed by atoms with E-state index in [1.54, 1.807) is 25.2 Å². The number of pyridine rings is 1. The van der Waals surface area contributed by atoms with Crippen LogP contribution in [0.4, 0.5) is 0 Å². The van der Waals surface area contributed by atoms with Gasteiger partial charge in [0, 0.05) is 7.05 Å². The van der Waals surface area contributed by atoms with Crippen LogP contribution in [0.2, 0.25) is 5.15 Å². The first-order valence-electron chi connectivity index (χ1n) is 5.45. The summed E-state index contributed by atoms with van der Waals surface area (Å²) in [4.78, 5) is 15.8. The first kappa shape index (κ1) is 14.5. The van der Waals surface area contributed by atoms with E-state index in [2.05, 4.69) is 10.1 Å². The monoisotopic (exact) mass is 314 g/mol. The van der Waals surface area contributed by atoms with Crippen molar-refractivity contribution >= 4 is 27.5 Å². The van der Waals surface area contributed by atoms with Gasteiger partial charge in [-0.3, -0.25) is 9.48 Å². The van der Waals surface area contributed by atoms with Crippen molar-refractivity contribution in [2.75, 3.05) is 6.26 Å². The molecule has 106 valence electrons. The van der Waals surface area contributed by atoms with Gasteiger partial charge in [0.1, 0.15) is 5.15 Å². The van der Waals surface area contributed by atoms with Crippen LogP contribution in [0.5, 0.6) is 0 Å². The summed E-state index contributed by atoms with van der Waals surface area (Å²) in [6.07, 6.45) is 0.896. The zero-order valence-corrected chi connectivity index (χ0v) is 12.2. The lowest BCUT2D eigenvalue weighted by molar-refractivity contribution is 0.0976. The molecule has 0 spiro atoms. The maximum absolute atomic E-state index is 11.7. The summed E-state index contributed by atoms with van der Waals surface area (Å²) in [5, 5.41) is 4.27. The number of rotatable bonds is 3. The van der Waals surface area contributed by atoms with Crippen LogP contribution in [0, 0.1) is 0 Å². The van der Waals surface area contributed by atoms with Crippen molar-refractivity contribution in [3.63, 3.8) is 0 Å². The van der Waals surface area contributed by atoms with Crippen molar-refractivity contribution in [3.8, 4) is 11.4 Å². The van der Waals surface area contributed by atoms with Gasteiger partial charge >= 0.3 is 0 Å². The summed E-state index contributed by atoms with van der Waals surface area (Å²) < 4.78 is 25.3. The average Bonchev–Trinajstić information content (AvgIpc) is 2.69. The molecule has 0 saturated carbocycles. The van der Waals surface area contributed by atoms with Crippen LogP contribution in [0.1, 0.15) is 10.5 Å². The van der Waals surface area contributed by atoms with Gasteiger partial charge < -0.3 is 0 Å². The van der Waals surface area contributed by atoms with Crippen LogP contribution in [0.25, 0.3) is 11.4 Å². The fourth-order valence-corrected chi connectivity index (χ4v) is 2.19. The fourth-order valence-electron chi connectivity index (χ4n) is 1.59. The number of hydrogen-bond acceptors (Lipinski definition) is 5. The maximum atomic E-state index is 11.7. The third-order valence-corrected chi connectivity index (χ3v) is 3.13. The van der Waals surface area contributed by atoms with Crippen molar-refractivity contribution in [1.82, 2.24) is 19.5 Å². The lowest BCUT2D eigenvalue weighted by Crippen LogP contribution is -2.29. The Balaban J connectivity index is 2.37. The Morgan fingerprint density at radius 3 is 2.70 bits per heavy atom. The molecule has 9 heteroatoms. The van der Waals surface area contributed by atoms with Crippen LogP contribution in [0.3, 0.4) is 0 Å². The maximum Gasteiger partial charge on any atom is 0.285 e. The second-order valence-electron chi connectivity index (χ2n) is 4.09. The number of sulfonamides is 1. The van der Waals surface area contributed by atoms with Gasteiger partial charge in [-0.1, -0.05) is 17.7 Å². The highest BCUT2D eigenvalue weighted by molar-refractivity contribution is 7.89. The third-order valence-electron chi connectivity index (χ3n) is 2.37.